The van der Waals surface area contributed by atoms with Crippen LogP contribution in [0.15, 0.2) is 29.2 Å². The molecule has 134 valence electrons. The predicted octanol–water partition coefficient (Wildman–Crippen LogP) is 2.67. The fraction of sp³-hybridized carbons (Fsp3) is 0.533. The van der Waals surface area contributed by atoms with Crippen LogP contribution >= 0.6 is 0 Å². The van der Waals surface area contributed by atoms with Gasteiger partial charge in [0.15, 0.2) is 0 Å². The number of alkyl halides is 3. The van der Waals surface area contributed by atoms with Crippen LogP contribution in [-0.2, 0) is 21.2 Å². The molecule has 1 heterocycles. The van der Waals surface area contributed by atoms with E-state index in [1.807, 2.05) is 0 Å². The summed E-state index contributed by atoms with van der Waals surface area (Å²) < 4.78 is 63.5. The molecule has 1 N–H and O–H groups in total. The van der Waals surface area contributed by atoms with Gasteiger partial charge in [0, 0.05) is 12.6 Å². The van der Waals surface area contributed by atoms with Gasteiger partial charge >= 0.3 is 12.1 Å². The molecular formula is C15H18F3NO4S. The number of carboxylic acid groups (broad SMARTS) is 1. The van der Waals surface area contributed by atoms with E-state index in [0.717, 1.165) is 28.6 Å². The van der Waals surface area contributed by atoms with Crippen LogP contribution in [0.25, 0.3) is 0 Å². The molecule has 0 aliphatic carbocycles. The van der Waals surface area contributed by atoms with Gasteiger partial charge in [-0.1, -0.05) is 12.1 Å². The van der Waals surface area contributed by atoms with Crippen LogP contribution < -0.4 is 0 Å². The lowest BCUT2D eigenvalue weighted by atomic mass is 9.96. The summed E-state index contributed by atoms with van der Waals surface area (Å²) in [6.45, 7) is 1.55. The van der Waals surface area contributed by atoms with Gasteiger partial charge in [-0.25, -0.2) is 8.42 Å². The molecule has 0 amide bonds. The first-order valence-corrected chi connectivity index (χ1v) is 8.85. The average Bonchev–Trinajstić information content (AvgIpc) is 2.46. The number of halogens is 3. The molecule has 1 saturated heterocycles. The van der Waals surface area contributed by atoms with Gasteiger partial charge in [-0.3, -0.25) is 4.79 Å². The van der Waals surface area contributed by atoms with E-state index in [-0.39, 0.29) is 23.0 Å². The van der Waals surface area contributed by atoms with E-state index < -0.39 is 34.5 Å². The Morgan fingerprint density at radius 3 is 2.33 bits per heavy atom. The summed E-state index contributed by atoms with van der Waals surface area (Å²) in [4.78, 5) is 11.0. The molecule has 0 saturated carbocycles. The van der Waals surface area contributed by atoms with E-state index in [1.165, 1.54) is 0 Å². The third kappa shape index (κ3) is 4.27. The standard InChI is InChI=1S/C15H18F3NO4S/c1-10-2-5-12(14(20)21)9-19(10)24(22,23)13-6-3-11(4-7-13)8-15(16,17)18/h3-4,6-7,10,12H,2,5,8-9H2,1H3,(H,20,21). The van der Waals surface area contributed by atoms with E-state index in [2.05, 4.69) is 0 Å². The first-order chi connectivity index (χ1) is 11.0. The van der Waals surface area contributed by atoms with Crippen molar-refractivity contribution in [3.8, 4) is 0 Å². The van der Waals surface area contributed by atoms with E-state index >= 15 is 0 Å². The number of piperidine rings is 1. The van der Waals surface area contributed by atoms with Crippen molar-refractivity contribution in [2.24, 2.45) is 5.92 Å². The van der Waals surface area contributed by atoms with Gasteiger partial charge in [-0.05, 0) is 37.5 Å². The summed E-state index contributed by atoms with van der Waals surface area (Å²) in [5.41, 5.74) is -0.0310. The third-order valence-electron chi connectivity index (χ3n) is 4.11. The molecule has 5 nitrogen and oxygen atoms in total. The largest absolute Gasteiger partial charge is 0.481 e. The number of carboxylic acids is 1. The highest BCUT2D eigenvalue weighted by molar-refractivity contribution is 7.89. The molecule has 2 unspecified atom stereocenters. The lowest BCUT2D eigenvalue weighted by molar-refractivity contribution is -0.143. The molecule has 0 bridgehead atoms. The highest BCUT2D eigenvalue weighted by atomic mass is 32.2. The molecule has 1 aromatic carbocycles. The topological polar surface area (TPSA) is 74.7 Å². The molecule has 1 aliphatic rings. The molecule has 24 heavy (non-hydrogen) atoms. The number of sulfonamides is 1. The molecule has 1 fully saturated rings. The number of benzene rings is 1. The molecular weight excluding hydrogens is 347 g/mol. The monoisotopic (exact) mass is 365 g/mol. The Bertz CT molecular complexity index is 700. The minimum Gasteiger partial charge on any atom is -0.481 e. The van der Waals surface area contributed by atoms with E-state index in [1.54, 1.807) is 6.92 Å². The van der Waals surface area contributed by atoms with Crippen molar-refractivity contribution in [3.63, 3.8) is 0 Å². The van der Waals surface area contributed by atoms with Crippen molar-refractivity contribution in [1.29, 1.82) is 0 Å². The van der Waals surface area contributed by atoms with Crippen LogP contribution in [0, 0.1) is 5.92 Å². The van der Waals surface area contributed by atoms with Gasteiger partial charge in [-0.2, -0.15) is 17.5 Å². The summed E-state index contributed by atoms with van der Waals surface area (Å²) in [5.74, 6) is -1.83. The van der Waals surface area contributed by atoms with Crippen molar-refractivity contribution in [3.05, 3.63) is 29.8 Å². The Morgan fingerprint density at radius 2 is 1.83 bits per heavy atom. The second-order valence-electron chi connectivity index (χ2n) is 5.97. The Balaban J connectivity index is 2.24. The van der Waals surface area contributed by atoms with E-state index in [0.29, 0.717) is 12.8 Å². The number of carbonyl (C=O) groups is 1. The molecule has 2 rings (SSSR count). The van der Waals surface area contributed by atoms with Crippen LogP contribution in [-0.4, -0.2) is 42.6 Å². The Morgan fingerprint density at radius 1 is 1.25 bits per heavy atom. The predicted molar refractivity (Wildman–Crippen MR) is 79.9 cm³/mol. The summed E-state index contributed by atoms with van der Waals surface area (Å²) in [6, 6.07) is 4.16. The highest BCUT2D eigenvalue weighted by Gasteiger charge is 2.37. The first-order valence-electron chi connectivity index (χ1n) is 7.41. The van der Waals surface area contributed by atoms with E-state index in [9.17, 15) is 26.4 Å². The molecule has 9 heteroatoms. The number of hydrogen-bond donors (Lipinski definition) is 1. The maximum atomic E-state index is 12.7. The van der Waals surface area contributed by atoms with Gasteiger partial charge < -0.3 is 5.11 Å². The zero-order valence-electron chi connectivity index (χ0n) is 13.0. The van der Waals surface area contributed by atoms with Gasteiger partial charge in [-0.15, -0.1) is 0 Å². The second-order valence-corrected chi connectivity index (χ2v) is 7.86. The maximum absolute atomic E-state index is 12.7. The van der Waals surface area contributed by atoms with Crippen LogP contribution in [0.2, 0.25) is 0 Å². The normalized spacial score (nSPS) is 23.2. The van der Waals surface area contributed by atoms with Crippen LogP contribution in [0.3, 0.4) is 0 Å². The molecule has 0 spiro atoms. The quantitative estimate of drug-likeness (QED) is 0.890. The molecule has 0 aromatic heterocycles. The zero-order chi connectivity index (χ0) is 18.1. The zero-order valence-corrected chi connectivity index (χ0v) is 13.8. The summed E-state index contributed by atoms with van der Waals surface area (Å²) >= 11 is 0. The van der Waals surface area contributed by atoms with Crippen LogP contribution in [0.5, 0.6) is 0 Å². The minimum atomic E-state index is -4.36. The van der Waals surface area contributed by atoms with Crippen molar-refractivity contribution < 1.29 is 31.5 Å². The lowest BCUT2D eigenvalue weighted by Crippen LogP contribution is -2.47. The summed E-state index contributed by atoms with van der Waals surface area (Å²) in [5, 5.41) is 9.10. The Hall–Kier alpha value is -1.61. The fourth-order valence-electron chi connectivity index (χ4n) is 2.76. The molecule has 1 aromatic rings. The molecule has 2 atom stereocenters. The minimum absolute atomic E-state index is 0.0310. The van der Waals surface area contributed by atoms with Crippen LogP contribution in [0.4, 0.5) is 13.2 Å². The number of hydrogen-bond acceptors (Lipinski definition) is 3. The lowest BCUT2D eigenvalue weighted by Gasteiger charge is -2.35. The maximum Gasteiger partial charge on any atom is 0.393 e. The SMILES string of the molecule is CC1CCC(C(=O)O)CN1S(=O)(=O)c1ccc(CC(F)(F)F)cc1. The average molecular weight is 365 g/mol. The van der Waals surface area contributed by atoms with Crippen molar-refractivity contribution >= 4 is 16.0 Å². The van der Waals surface area contributed by atoms with Gasteiger partial charge in [0.05, 0.1) is 17.2 Å². The van der Waals surface area contributed by atoms with Crippen molar-refractivity contribution in [1.82, 2.24) is 4.31 Å². The van der Waals surface area contributed by atoms with Crippen molar-refractivity contribution in [2.75, 3.05) is 6.54 Å². The first kappa shape index (κ1) is 18.7. The second kappa shape index (κ2) is 6.72. The summed E-state index contributed by atoms with van der Waals surface area (Å²) in [6.07, 6.45) is -4.68. The van der Waals surface area contributed by atoms with Crippen LogP contribution in [0.1, 0.15) is 25.3 Å². The smallest absolute Gasteiger partial charge is 0.393 e. The van der Waals surface area contributed by atoms with Gasteiger partial charge in [0.1, 0.15) is 0 Å². The van der Waals surface area contributed by atoms with Gasteiger partial charge in [0.2, 0.25) is 10.0 Å². The highest BCUT2D eigenvalue weighted by Crippen LogP contribution is 2.29. The molecule has 0 radical (unpaired) electrons. The number of aliphatic carboxylic acids is 1. The Kier molecular flexibility index (Phi) is 5.24. The molecule has 1 aliphatic heterocycles. The van der Waals surface area contributed by atoms with E-state index in [4.69, 9.17) is 5.11 Å². The number of nitrogens with zero attached hydrogens (tertiary/aromatic N) is 1. The van der Waals surface area contributed by atoms with Crippen molar-refractivity contribution in [2.45, 2.75) is 43.3 Å². The Labute approximate surface area is 138 Å². The van der Waals surface area contributed by atoms with Gasteiger partial charge in [0.25, 0.3) is 0 Å². The third-order valence-corrected chi connectivity index (χ3v) is 6.10. The summed E-state index contributed by atoms with van der Waals surface area (Å²) in [7, 11) is -3.95. The fourth-order valence-corrected chi connectivity index (χ4v) is 4.46. The number of rotatable bonds is 4.